The molecule has 1 atom stereocenters. The molecule has 1 N–H and O–H groups in total. The maximum atomic E-state index is 10.5. The summed E-state index contributed by atoms with van der Waals surface area (Å²) in [7, 11) is 0. The van der Waals surface area contributed by atoms with E-state index in [1.54, 1.807) is 0 Å². The van der Waals surface area contributed by atoms with Crippen molar-refractivity contribution in [2.45, 2.75) is 39.2 Å². The van der Waals surface area contributed by atoms with Crippen LogP contribution >= 0.6 is 0 Å². The smallest absolute Gasteiger partial charge is 0.332 e. The zero-order chi connectivity index (χ0) is 8.69. The van der Waals surface area contributed by atoms with Crippen LogP contribution < -0.4 is 0 Å². The molecule has 66 valence electrons. The van der Waals surface area contributed by atoms with E-state index >= 15 is 0 Å². The maximum Gasteiger partial charge on any atom is 0.332 e. The second kappa shape index (κ2) is 6.16. The van der Waals surface area contributed by atoms with Gasteiger partial charge in [-0.1, -0.05) is 19.8 Å². The van der Waals surface area contributed by atoms with Crippen molar-refractivity contribution in [3.05, 3.63) is 0 Å². The number of carbonyl (C=O) groups is 1. The Morgan fingerprint density at radius 2 is 2.18 bits per heavy atom. The van der Waals surface area contributed by atoms with Crippen molar-refractivity contribution < 1.29 is 14.6 Å². The summed E-state index contributed by atoms with van der Waals surface area (Å²) in [5, 5.41) is 8.61. The SMILES string of the molecule is CCCC[C@H](OCC)C(=O)O. The average molecular weight is 160 g/mol. The molecule has 0 aliphatic heterocycles. The fourth-order valence-electron chi connectivity index (χ4n) is 0.869. The first kappa shape index (κ1) is 10.4. The van der Waals surface area contributed by atoms with Gasteiger partial charge < -0.3 is 9.84 Å². The Hall–Kier alpha value is -0.570. The summed E-state index contributed by atoms with van der Waals surface area (Å²) in [4.78, 5) is 10.5. The number of ether oxygens (including phenoxy) is 1. The predicted molar refractivity (Wildman–Crippen MR) is 42.6 cm³/mol. The van der Waals surface area contributed by atoms with Gasteiger partial charge >= 0.3 is 5.97 Å². The van der Waals surface area contributed by atoms with Gasteiger partial charge in [-0.2, -0.15) is 0 Å². The first-order valence-corrected chi connectivity index (χ1v) is 4.06. The molecule has 0 spiro atoms. The van der Waals surface area contributed by atoms with Crippen LogP contribution in [0.25, 0.3) is 0 Å². The first-order valence-electron chi connectivity index (χ1n) is 4.06. The number of unbranched alkanes of at least 4 members (excludes halogenated alkanes) is 1. The van der Waals surface area contributed by atoms with Crippen LogP contribution in [0.5, 0.6) is 0 Å². The number of hydrogen-bond donors (Lipinski definition) is 1. The molecule has 0 saturated heterocycles. The van der Waals surface area contributed by atoms with Crippen molar-refractivity contribution in [1.29, 1.82) is 0 Å². The molecular weight excluding hydrogens is 144 g/mol. The number of carboxylic acids is 1. The molecule has 0 aliphatic rings. The van der Waals surface area contributed by atoms with E-state index in [2.05, 4.69) is 0 Å². The molecule has 0 rings (SSSR count). The summed E-state index contributed by atoms with van der Waals surface area (Å²) in [5.74, 6) is -0.847. The Labute approximate surface area is 67.4 Å². The summed E-state index contributed by atoms with van der Waals surface area (Å²) >= 11 is 0. The van der Waals surface area contributed by atoms with Gasteiger partial charge in [0, 0.05) is 6.61 Å². The molecule has 0 aromatic carbocycles. The molecular formula is C8H16O3. The van der Waals surface area contributed by atoms with E-state index in [0.717, 1.165) is 12.8 Å². The van der Waals surface area contributed by atoms with Gasteiger partial charge in [0.1, 0.15) is 0 Å². The minimum absolute atomic E-state index is 0.473. The average Bonchev–Trinajstić information content (AvgIpc) is 1.97. The monoisotopic (exact) mass is 160 g/mol. The highest BCUT2D eigenvalue weighted by atomic mass is 16.5. The van der Waals surface area contributed by atoms with Crippen molar-refractivity contribution in [1.82, 2.24) is 0 Å². The highest BCUT2D eigenvalue weighted by Crippen LogP contribution is 2.04. The molecule has 3 heteroatoms. The molecule has 11 heavy (non-hydrogen) atoms. The Bertz CT molecular complexity index is 112. The summed E-state index contributed by atoms with van der Waals surface area (Å²) in [5.41, 5.74) is 0. The Balaban J connectivity index is 3.60. The second-order valence-corrected chi connectivity index (χ2v) is 2.42. The van der Waals surface area contributed by atoms with Gasteiger partial charge in [0.25, 0.3) is 0 Å². The van der Waals surface area contributed by atoms with E-state index in [1.807, 2.05) is 13.8 Å². The van der Waals surface area contributed by atoms with Gasteiger partial charge in [0.2, 0.25) is 0 Å². The van der Waals surface area contributed by atoms with Gasteiger partial charge in [-0.15, -0.1) is 0 Å². The van der Waals surface area contributed by atoms with E-state index in [-0.39, 0.29) is 0 Å². The third kappa shape index (κ3) is 4.79. The Kier molecular flexibility index (Phi) is 5.84. The van der Waals surface area contributed by atoms with Crippen LogP contribution in [0, 0.1) is 0 Å². The van der Waals surface area contributed by atoms with Gasteiger partial charge in [-0.05, 0) is 13.3 Å². The van der Waals surface area contributed by atoms with Crippen molar-refractivity contribution in [3.8, 4) is 0 Å². The second-order valence-electron chi connectivity index (χ2n) is 2.42. The van der Waals surface area contributed by atoms with Crippen LogP contribution in [0.4, 0.5) is 0 Å². The standard InChI is InChI=1S/C8H16O3/c1-3-5-6-7(8(9)10)11-4-2/h7H,3-6H2,1-2H3,(H,9,10)/t7-/m0/s1. The minimum atomic E-state index is -0.847. The normalized spacial score (nSPS) is 12.9. The molecule has 0 bridgehead atoms. The molecule has 3 nitrogen and oxygen atoms in total. The lowest BCUT2D eigenvalue weighted by Crippen LogP contribution is -2.23. The zero-order valence-corrected chi connectivity index (χ0v) is 7.17. The number of aliphatic carboxylic acids is 1. The Morgan fingerprint density at radius 1 is 1.55 bits per heavy atom. The highest BCUT2D eigenvalue weighted by molar-refractivity contribution is 5.72. The summed E-state index contributed by atoms with van der Waals surface area (Å²) in [6.45, 7) is 4.31. The van der Waals surface area contributed by atoms with Crippen LogP contribution in [0.2, 0.25) is 0 Å². The molecule has 0 aliphatic carbocycles. The lowest BCUT2D eigenvalue weighted by Gasteiger charge is -2.10. The van der Waals surface area contributed by atoms with Gasteiger partial charge in [0.15, 0.2) is 6.10 Å². The molecule has 0 radical (unpaired) electrons. The van der Waals surface area contributed by atoms with Gasteiger partial charge in [-0.25, -0.2) is 4.79 Å². The van der Waals surface area contributed by atoms with E-state index in [1.165, 1.54) is 0 Å². The molecule has 0 unspecified atom stereocenters. The quantitative estimate of drug-likeness (QED) is 0.642. The van der Waals surface area contributed by atoms with Gasteiger partial charge in [0.05, 0.1) is 0 Å². The molecule has 0 aromatic rings. The summed E-state index contributed by atoms with van der Waals surface area (Å²) in [6, 6.07) is 0. The van der Waals surface area contributed by atoms with E-state index in [9.17, 15) is 4.79 Å². The molecule has 0 heterocycles. The minimum Gasteiger partial charge on any atom is -0.479 e. The molecule has 0 saturated carbocycles. The molecule has 0 aromatic heterocycles. The summed E-state index contributed by atoms with van der Waals surface area (Å²) < 4.78 is 5.01. The van der Waals surface area contributed by atoms with Crippen LogP contribution in [-0.4, -0.2) is 23.8 Å². The van der Waals surface area contributed by atoms with E-state index < -0.39 is 12.1 Å². The van der Waals surface area contributed by atoms with Crippen LogP contribution in [0.1, 0.15) is 33.1 Å². The van der Waals surface area contributed by atoms with Crippen LogP contribution in [0.15, 0.2) is 0 Å². The number of carboxylic acid groups (broad SMARTS) is 1. The van der Waals surface area contributed by atoms with Crippen molar-refractivity contribution in [2.75, 3.05) is 6.61 Å². The number of hydrogen-bond acceptors (Lipinski definition) is 2. The van der Waals surface area contributed by atoms with E-state index in [0.29, 0.717) is 13.0 Å². The predicted octanol–water partition coefficient (Wildman–Crippen LogP) is 1.67. The Morgan fingerprint density at radius 3 is 2.55 bits per heavy atom. The fraction of sp³-hybridized carbons (Fsp3) is 0.875. The van der Waals surface area contributed by atoms with Crippen molar-refractivity contribution in [2.24, 2.45) is 0 Å². The lowest BCUT2D eigenvalue weighted by molar-refractivity contribution is -0.150. The first-order chi connectivity index (χ1) is 5.22. The van der Waals surface area contributed by atoms with Crippen LogP contribution in [0.3, 0.4) is 0 Å². The maximum absolute atomic E-state index is 10.5. The third-order valence-electron chi connectivity index (χ3n) is 1.46. The molecule has 0 fully saturated rings. The van der Waals surface area contributed by atoms with Crippen molar-refractivity contribution >= 4 is 5.97 Å². The van der Waals surface area contributed by atoms with Crippen molar-refractivity contribution in [3.63, 3.8) is 0 Å². The van der Waals surface area contributed by atoms with E-state index in [4.69, 9.17) is 9.84 Å². The number of rotatable bonds is 6. The third-order valence-corrected chi connectivity index (χ3v) is 1.46. The van der Waals surface area contributed by atoms with Crippen LogP contribution in [-0.2, 0) is 9.53 Å². The zero-order valence-electron chi connectivity index (χ0n) is 7.17. The molecule has 0 amide bonds. The topological polar surface area (TPSA) is 46.5 Å². The largest absolute Gasteiger partial charge is 0.479 e. The fourth-order valence-corrected chi connectivity index (χ4v) is 0.869. The van der Waals surface area contributed by atoms with Gasteiger partial charge in [-0.3, -0.25) is 0 Å². The highest BCUT2D eigenvalue weighted by Gasteiger charge is 2.15. The lowest BCUT2D eigenvalue weighted by atomic mass is 10.1. The summed E-state index contributed by atoms with van der Waals surface area (Å²) in [6.07, 6.45) is 1.95.